The predicted molar refractivity (Wildman–Crippen MR) is 86.5 cm³/mol. The molecule has 0 saturated carbocycles. The van der Waals surface area contributed by atoms with Crippen molar-refractivity contribution in [3.63, 3.8) is 0 Å². The molecule has 1 aromatic carbocycles. The van der Waals surface area contributed by atoms with E-state index in [1.54, 1.807) is 0 Å². The number of hydrogen-bond acceptors (Lipinski definition) is 0. The molecule has 0 saturated heterocycles. The maximum absolute atomic E-state index is 2.31. The van der Waals surface area contributed by atoms with Crippen molar-refractivity contribution in [3.05, 3.63) is 34.9 Å². The van der Waals surface area contributed by atoms with Crippen molar-refractivity contribution < 1.29 is 0 Å². The van der Waals surface area contributed by atoms with Crippen molar-refractivity contribution in [3.8, 4) is 0 Å². The first kappa shape index (κ1) is 19.6. The number of aryl methyl sites for hydroxylation is 3. The lowest BCUT2D eigenvalue weighted by atomic mass is 9.99. The standard InChI is InChI=1S/C12H18.2C3H8/c1-4-6-12-8-7-10(3)9-11(12)5-2;2*1-3-2/h7-9H,4-6H2,1-3H3;2*3H2,1-2H3. The van der Waals surface area contributed by atoms with Gasteiger partial charge >= 0.3 is 0 Å². The first-order valence-corrected chi connectivity index (χ1v) is 7.69. The third-order valence-electron chi connectivity index (χ3n) is 2.26. The Balaban J connectivity index is 0. The molecule has 106 valence electrons. The summed E-state index contributed by atoms with van der Waals surface area (Å²) in [6.45, 7) is 15.1. The molecule has 0 aromatic heterocycles. The summed E-state index contributed by atoms with van der Waals surface area (Å²) >= 11 is 0. The molecule has 0 aliphatic rings. The molecular formula is C18H34. The zero-order chi connectivity index (χ0) is 14.4. The van der Waals surface area contributed by atoms with Gasteiger partial charge in [-0.2, -0.15) is 0 Å². The maximum atomic E-state index is 2.31. The number of hydrogen-bond donors (Lipinski definition) is 0. The van der Waals surface area contributed by atoms with Crippen molar-refractivity contribution in [2.45, 2.75) is 80.6 Å². The molecule has 0 atom stereocenters. The molecule has 0 spiro atoms. The summed E-state index contributed by atoms with van der Waals surface area (Å²) in [5.41, 5.74) is 4.44. The van der Waals surface area contributed by atoms with Crippen LogP contribution >= 0.6 is 0 Å². The van der Waals surface area contributed by atoms with Gasteiger partial charge in [0.2, 0.25) is 0 Å². The molecular weight excluding hydrogens is 216 g/mol. The summed E-state index contributed by atoms with van der Waals surface area (Å²) in [5.74, 6) is 0. The van der Waals surface area contributed by atoms with Crippen LogP contribution in [0.3, 0.4) is 0 Å². The van der Waals surface area contributed by atoms with E-state index in [4.69, 9.17) is 0 Å². The monoisotopic (exact) mass is 250 g/mol. The number of rotatable bonds is 3. The van der Waals surface area contributed by atoms with Crippen LogP contribution < -0.4 is 0 Å². The highest BCUT2D eigenvalue weighted by atomic mass is 14.0. The van der Waals surface area contributed by atoms with Crippen molar-refractivity contribution in [1.82, 2.24) is 0 Å². The normalized spacial score (nSPS) is 8.83. The molecule has 0 heteroatoms. The lowest BCUT2D eigenvalue weighted by Gasteiger charge is -2.07. The van der Waals surface area contributed by atoms with Gasteiger partial charge < -0.3 is 0 Å². The van der Waals surface area contributed by atoms with Gasteiger partial charge in [-0.05, 0) is 30.9 Å². The zero-order valence-corrected chi connectivity index (χ0v) is 13.8. The molecule has 0 N–H and O–H groups in total. The van der Waals surface area contributed by atoms with E-state index in [2.05, 4.69) is 66.7 Å². The average molecular weight is 250 g/mol. The average Bonchev–Trinajstić information content (AvgIpc) is 2.34. The summed E-state index contributed by atoms with van der Waals surface area (Å²) in [5, 5.41) is 0. The van der Waals surface area contributed by atoms with E-state index in [1.807, 2.05) is 0 Å². The lowest BCUT2D eigenvalue weighted by Crippen LogP contribution is -1.92. The maximum Gasteiger partial charge on any atom is -0.0279 e. The molecule has 1 rings (SSSR count). The van der Waals surface area contributed by atoms with Crippen LogP contribution in [0, 0.1) is 6.92 Å². The third-order valence-corrected chi connectivity index (χ3v) is 2.26. The topological polar surface area (TPSA) is 0 Å². The summed E-state index contributed by atoms with van der Waals surface area (Å²) in [6.07, 6.45) is 6.14. The second kappa shape index (κ2) is 14.3. The van der Waals surface area contributed by atoms with Crippen molar-refractivity contribution in [2.24, 2.45) is 0 Å². The second-order valence-corrected chi connectivity index (χ2v) is 4.79. The van der Waals surface area contributed by atoms with E-state index >= 15 is 0 Å². The first-order valence-electron chi connectivity index (χ1n) is 7.69. The first-order chi connectivity index (χ1) is 8.60. The van der Waals surface area contributed by atoms with Crippen molar-refractivity contribution in [1.29, 1.82) is 0 Å². The highest BCUT2D eigenvalue weighted by Crippen LogP contribution is 2.14. The van der Waals surface area contributed by atoms with E-state index < -0.39 is 0 Å². The summed E-state index contributed by atoms with van der Waals surface area (Å²) < 4.78 is 0. The Morgan fingerprint density at radius 1 is 0.778 bits per heavy atom. The molecule has 0 bridgehead atoms. The van der Waals surface area contributed by atoms with Crippen LogP contribution in [0.4, 0.5) is 0 Å². The van der Waals surface area contributed by atoms with E-state index in [1.165, 1.54) is 42.4 Å². The third kappa shape index (κ3) is 10.4. The van der Waals surface area contributed by atoms with Crippen LogP contribution in [-0.2, 0) is 12.8 Å². The molecule has 1 aromatic rings. The molecule has 0 amide bonds. The van der Waals surface area contributed by atoms with Gasteiger partial charge in [0.1, 0.15) is 0 Å². The van der Waals surface area contributed by atoms with Gasteiger partial charge in [-0.3, -0.25) is 0 Å². The van der Waals surface area contributed by atoms with Gasteiger partial charge in [-0.25, -0.2) is 0 Å². The highest BCUT2D eigenvalue weighted by molar-refractivity contribution is 5.31. The Hall–Kier alpha value is -0.780. The van der Waals surface area contributed by atoms with Crippen molar-refractivity contribution >= 4 is 0 Å². The Morgan fingerprint density at radius 3 is 1.67 bits per heavy atom. The van der Waals surface area contributed by atoms with Gasteiger partial charge in [0, 0.05) is 0 Å². The Bertz CT molecular complexity index is 271. The minimum absolute atomic E-state index is 1.16. The van der Waals surface area contributed by atoms with Crippen molar-refractivity contribution in [2.75, 3.05) is 0 Å². The van der Waals surface area contributed by atoms with Crippen LogP contribution in [0.1, 0.15) is 77.5 Å². The number of benzene rings is 1. The summed E-state index contributed by atoms with van der Waals surface area (Å²) in [6, 6.07) is 6.80. The molecule has 0 unspecified atom stereocenters. The van der Waals surface area contributed by atoms with Crippen LogP contribution in [0.5, 0.6) is 0 Å². The fourth-order valence-corrected chi connectivity index (χ4v) is 1.60. The fourth-order valence-electron chi connectivity index (χ4n) is 1.60. The van der Waals surface area contributed by atoms with Gasteiger partial charge in [-0.15, -0.1) is 0 Å². The molecule has 0 radical (unpaired) electrons. The van der Waals surface area contributed by atoms with Crippen LogP contribution in [0.2, 0.25) is 0 Å². The minimum atomic E-state index is 1.16. The summed E-state index contributed by atoms with van der Waals surface area (Å²) in [7, 11) is 0. The molecule has 18 heavy (non-hydrogen) atoms. The fraction of sp³-hybridized carbons (Fsp3) is 0.667. The zero-order valence-electron chi connectivity index (χ0n) is 13.8. The van der Waals surface area contributed by atoms with E-state index in [0.717, 1.165) is 6.42 Å². The van der Waals surface area contributed by atoms with Gasteiger partial charge in [0.25, 0.3) is 0 Å². The smallest absolute Gasteiger partial charge is 0.0279 e. The quantitative estimate of drug-likeness (QED) is 0.587. The molecule has 0 heterocycles. The predicted octanol–water partition coefficient (Wildman–Crippen LogP) is 6.34. The second-order valence-electron chi connectivity index (χ2n) is 4.79. The van der Waals surface area contributed by atoms with Crippen LogP contribution in [0.15, 0.2) is 18.2 Å². The minimum Gasteiger partial charge on any atom is -0.0656 e. The molecule has 0 fully saturated rings. The van der Waals surface area contributed by atoms with Gasteiger partial charge in [0.15, 0.2) is 0 Å². The molecule has 0 nitrogen and oxygen atoms in total. The molecule has 0 aliphatic heterocycles. The SMILES string of the molecule is CCC.CCC.CCCc1ccc(C)cc1CC. The lowest BCUT2D eigenvalue weighted by molar-refractivity contribution is 0.898. The largest absolute Gasteiger partial charge is 0.0656 e. The Kier molecular flexibility index (Phi) is 15.5. The molecule has 0 aliphatic carbocycles. The van der Waals surface area contributed by atoms with E-state index in [-0.39, 0.29) is 0 Å². The van der Waals surface area contributed by atoms with Crippen LogP contribution in [0.25, 0.3) is 0 Å². The van der Waals surface area contributed by atoms with Gasteiger partial charge in [0.05, 0.1) is 0 Å². The summed E-state index contributed by atoms with van der Waals surface area (Å²) in [4.78, 5) is 0. The highest BCUT2D eigenvalue weighted by Gasteiger charge is 1.98. The van der Waals surface area contributed by atoms with E-state index in [0.29, 0.717) is 0 Å². The Morgan fingerprint density at radius 2 is 1.28 bits per heavy atom. The Labute approximate surface area is 116 Å². The van der Waals surface area contributed by atoms with Crippen LogP contribution in [-0.4, -0.2) is 0 Å². The van der Waals surface area contributed by atoms with Gasteiger partial charge in [-0.1, -0.05) is 84.6 Å². The van der Waals surface area contributed by atoms with E-state index in [9.17, 15) is 0 Å².